The van der Waals surface area contributed by atoms with Gasteiger partial charge in [-0.1, -0.05) is 42.5 Å². The fraction of sp³-hybridized carbons (Fsp3) is 0.0588. The standard InChI is InChI=1S/C17H13NO4/c1-12(19)16(17(20)14-7-3-2-4-8-14)11-13-6-5-9-15(10-13)18(21)22/h2-11H,1H3. The minimum atomic E-state index is -0.524. The summed E-state index contributed by atoms with van der Waals surface area (Å²) >= 11 is 0. The number of nitro groups is 1. The van der Waals surface area contributed by atoms with E-state index >= 15 is 0 Å². The van der Waals surface area contributed by atoms with Gasteiger partial charge in [0.05, 0.1) is 10.5 Å². The van der Waals surface area contributed by atoms with Crippen LogP contribution in [0.5, 0.6) is 0 Å². The van der Waals surface area contributed by atoms with E-state index in [-0.39, 0.29) is 17.0 Å². The van der Waals surface area contributed by atoms with Crippen LogP contribution in [0.2, 0.25) is 0 Å². The fourth-order valence-electron chi connectivity index (χ4n) is 1.97. The van der Waals surface area contributed by atoms with E-state index in [1.807, 2.05) is 0 Å². The van der Waals surface area contributed by atoms with Gasteiger partial charge in [-0.15, -0.1) is 0 Å². The summed E-state index contributed by atoms with van der Waals surface area (Å²) in [7, 11) is 0. The summed E-state index contributed by atoms with van der Waals surface area (Å²) in [6.07, 6.45) is 1.38. The van der Waals surface area contributed by atoms with Crippen molar-refractivity contribution in [3.05, 3.63) is 81.4 Å². The second kappa shape index (κ2) is 6.58. The van der Waals surface area contributed by atoms with Gasteiger partial charge in [0.2, 0.25) is 0 Å². The molecule has 0 heterocycles. The predicted molar refractivity (Wildman–Crippen MR) is 82.5 cm³/mol. The van der Waals surface area contributed by atoms with Crippen molar-refractivity contribution in [1.29, 1.82) is 0 Å². The highest BCUT2D eigenvalue weighted by Crippen LogP contribution is 2.18. The van der Waals surface area contributed by atoms with E-state index in [0.29, 0.717) is 11.1 Å². The molecule has 0 aliphatic rings. The van der Waals surface area contributed by atoms with E-state index in [4.69, 9.17) is 0 Å². The first-order valence-electron chi connectivity index (χ1n) is 6.56. The molecule has 0 saturated heterocycles. The molecule has 0 spiro atoms. The van der Waals surface area contributed by atoms with E-state index in [9.17, 15) is 19.7 Å². The third-order valence-electron chi connectivity index (χ3n) is 3.05. The van der Waals surface area contributed by atoms with Crippen molar-refractivity contribution in [3.8, 4) is 0 Å². The van der Waals surface area contributed by atoms with Gasteiger partial charge in [0.25, 0.3) is 5.69 Å². The molecule has 0 fully saturated rings. The van der Waals surface area contributed by atoms with Crippen molar-refractivity contribution in [1.82, 2.24) is 0 Å². The zero-order valence-electron chi connectivity index (χ0n) is 11.9. The van der Waals surface area contributed by atoms with E-state index in [1.54, 1.807) is 36.4 Å². The molecule has 5 heteroatoms. The predicted octanol–water partition coefficient (Wildman–Crippen LogP) is 3.45. The molecule has 0 aliphatic carbocycles. The Kier molecular flexibility index (Phi) is 4.58. The maximum atomic E-state index is 12.4. The number of hydrogen-bond donors (Lipinski definition) is 0. The van der Waals surface area contributed by atoms with Crippen molar-refractivity contribution in [2.75, 3.05) is 0 Å². The van der Waals surface area contributed by atoms with Gasteiger partial charge in [-0.2, -0.15) is 0 Å². The zero-order chi connectivity index (χ0) is 16.1. The maximum Gasteiger partial charge on any atom is 0.270 e. The van der Waals surface area contributed by atoms with Crippen molar-refractivity contribution in [2.45, 2.75) is 6.92 Å². The van der Waals surface area contributed by atoms with Crippen molar-refractivity contribution in [3.63, 3.8) is 0 Å². The lowest BCUT2D eigenvalue weighted by molar-refractivity contribution is -0.384. The number of rotatable bonds is 5. The molecule has 0 N–H and O–H groups in total. The summed E-state index contributed by atoms with van der Waals surface area (Å²) in [4.78, 5) is 34.4. The number of allylic oxidation sites excluding steroid dienone is 1. The third-order valence-corrected chi connectivity index (χ3v) is 3.05. The smallest absolute Gasteiger partial charge is 0.270 e. The molecular weight excluding hydrogens is 282 g/mol. The van der Waals surface area contributed by atoms with Crippen LogP contribution in [-0.2, 0) is 4.79 Å². The number of ketones is 2. The van der Waals surface area contributed by atoms with Crippen LogP contribution in [0.1, 0.15) is 22.8 Å². The number of non-ortho nitro benzene ring substituents is 1. The van der Waals surface area contributed by atoms with Crippen molar-refractivity contribution >= 4 is 23.3 Å². The number of nitrogens with zero attached hydrogens (tertiary/aromatic N) is 1. The van der Waals surface area contributed by atoms with Crippen LogP contribution in [0, 0.1) is 10.1 Å². The molecule has 0 unspecified atom stereocenters. The largest absolute Gasteiger partial charge is 0.294 e. The number of carbonyl (C=O) groups is 2. The molecule has 5 nitrogen and oxygen atoms in total. The number of nitro benzene ring substituents is 1. The van der Waals surface area contributed by atoms with Gasteiger partial charge >= 0.3 is 0 Å². The Balaban J connectivity index is 2.44. The summed E-state index contributed by atoms with van der Waals surface area (Å²) in [5.74, 6) is -0.792. The van der Waals surface area contributed by atoms with Gasteiger partial charge in [-0.25, -0.2) is 0 Å². The van der Waals surface area contributed by atoms with Crippen LogP contribution in [-0.4, -0.2) is 16.5 Å². The highest BCUT2D eigenvalue weighted by atomic mass is 16.6. The molecule has 2 rings (SSSR count). The second-order valence-electron chi connectivity index (χ2n) is 4.66. The lowest BCUT2D eigenvalue weighted by Gasteiger charge is -2.04. The van der Waals surface area contributed by atoms with Gasteiger partial charge in [0, 0.05) is 17.7 Å². The van der Waals surface area contributed by atoms with E-state index < -0.39 is 10.7 Å². The Bertz CT molecular complexity index is 763. The Hall–Kier alpha value is -3.08. The van der Waals surface area contributed by atoms with Gasteiger partial charge in [0.15, 0.2) is 11.6 Å². The molecule has 0 aliphatic heterocycles. The highest BCUT2D eigenvalue weighted by molar-refractivity contribution is 6.28. The van der Waals surface area contributed by atoms with Crippen LogP contribution in [0.4, 0.5) is 5.69 Å². The van der Waals surface area contributed by atoms with Crippen molar-refractivity contribution < 1.29 is 14.5 Å². The average molecular weight is 295 g/mol. The molecule has 0 bridgehead atoms. The molecule has 0 atom stereocenters. The van der Waals surface area contributed by atoms with Crippen molar-refractivity contribution in [2.24, 2.45) is 0 Å². The SMILES string of the molecule is CC(=O)C(=Cc1cccc([N+](=O)[O-])c1)C(=O)c1ccccc1. The topological polar surface area (TPSA) is 77.3 Å². The quantitative estimate of drug-likeness (QED) is 0.211. The minimum Gasteiger partial charge on any atom is -0.294 e. The first-order valence-corrected chi connectivity index (χ1v) is 6.56. The average Bonchev–Trinajstić information content (AvgIpc) is 2.53. The second-order valence-corrected chi connectivity index (χ2v) is 4.66. The Labute approximate surface area is 127 Å². The highest BCUT2D eigenvalue weighted by Gasteiger charge is 2.16. The molecule has 2 aromatic carbocycles. The molecule has 0 radical (unpaired) electrons. The normalized spacial score (nSPS) is 11.0. The lowest BCUT2D eigenvalue weighted by Crippen LogP contribution is -2.10. The Morgan fingerprint density at radius 2 is 1.73 bits per heavy atom. The Morgan fingerprint density at radius 3 is 2.32 bits per heavy atom. The number of Topliss-reactive ketones (excluding diaryl/α,β-unsaturated/α-hetero) is 2. The molecule has 0 aromatic heterocycles. The van der Waals surface area contributed by atoms with Crippen LogP contribution in [0.3, 0.4) is 0 Å². The van der Waals surface area contributed by atoms with E-state index in [2.05, 4.69) is 0 Å². The molecule has 22 heavy (non-hydrogen) atoms. The van der Waals surface area contributed by atoms with E-state index in [0.717, 1.165) is 0 Å². The molecular formula is C17H13NO4. The monoisotopic (exact) mass is 295 g/mol. The third kappa shape index (κ3) is 3.52. The van der Waals surface area contributed by atoms with Gasteiger partial charge in [-0.05, 0) is 18.6 Å². The summed E-state index contributed by atoms with van der Waals surface area (Å²) in [6, 6.07) is 14.2. The van der Waals surface area contributed by atoms with Crippen LogP contribution in [0.15, 0.2) is 60.2 Å². The summed E-state index contributed by atoms with van der Waals surface area (Å²) < 4.78 is 0. The Morgan fingerprint density at radius 1 is 1.05 bits per heavy atom. The molecule has 110 valence electrons. The maximum absolute atomic E-state index is 12.4. The summed E-state index contributed by atoms with van der Waals surface area (Å²) in [6.45, 7) is 1.30. The number of carbonyl (C=O) groups excluding carboxylic acids is 2. The van der Waals surface area contributed by atoms with Gasteiger partial charge in [0.1, 0.15) is 0 Å². The summed E-state index contributed by atoms with van der Waals surface area (Å²) in [5.41, 5.74) is 0.730. The first kappa shape index (κ1) is 15.3. The lowest BCUT2D eigenvalue weighted by atomic mass is 9.98. The molecule has 0 saturated carbocycles. The van der Waals surface area contributed by atoms with Gasteiger partial charge < -0.3 is 0 Å². The fourth-order valence-corrected chi connectivity index (χ4v) is 1.97. The number of hydrogen-bond acceptors (Lipinski definition) is 4. The van der Waals surface area contributed by atoms with Crippen LogP contribution >= 0.6 is 0 Å². The summed E-state index contributed by atoms with van der Waals surface area (Å²) in [5, 5.41) is 10.8. The first-order chi connectivity index (χ1) is 10.5. The minimum absolute atomic E-state index is 0.00769. The molecule has 2 aromatic rings. The van der Waals surface area contributed by atoms with Crippen LogP contribution in [0.25, 0.3) is 6.08 Å². The molecule has 0 amide bonds. The van der Waals surface area contributed by atoms with E-state index in [1.165, 1.54) is 31.2 Å². The zero-order valence-corrected chi connectivity index (χ0v) is 11.9. The van der Waals surface area contributed by atoms with Gasteiger partial charge in [-0.3, -0.25) is 19.7 Å². The van der Waals surface area contributed by atoms with Crippen LogP contribution < -0.4 is 0 Å². The number of benzene rings is 2.